The summed E-state index contributed by atoms with van der Waals surface area (Å²) in [4.78, 5) is 3.63. The summed E-state index contributed by atoms with van der Waals surface area (Å²) in [6.45, 7) is 8.62. The lowest BCUT2D eigenvalue weighted by molar-refractivity contribution is 1.51. The van der Waals surface area contributed by atoms with Crippen molar-refractivity contribution in [2.45, 2.75) is 6.92 Å². The molecule has 0 aliphatic rings. The van der Waals surface area contributed by atoms with Crippen LogP contribution in [0.5, 0.6) is 0 Å². The first-order chi connectivity index (χ1) is 4.04. The summed E-state index contributed by atoms with van der Waals surface area (Å²) < 4.78 is 0. The van der Waals surface area contributed by atoms with Crippen molar-refractivity contribution < 1.29 is 0 Å². The van der Waals surface area contributed by atoms with E-state index in [2.05, 4.69) is 18.2 Å². The van der Waals surface area contributed by atoms with E-state index in [9.17, 15) is 0 Å². The van der Waals surface area contributed by atoms with E-state index in [0.717, 1.165) is 0 Å². The maximum atomic E-state index is 5.52. The van der Waals surface area contributed by atoms with Gasteiger partial charge in [0.25, 0.3) is 0 Å². The van der Waals surface area contributed by atoms with Crippen molar-refractivity contribution >= 4 is 28.4 Å². The highest BCUT2D eigenvalue weighted by Gasteiger charge is 1.92. The zero-order chi connectivity index (χ0) is 7.44. The third-order valence-electron chi connectivity index (χ3n) is 0.572. The molecule has 0 rings (SSSR count). The number of hydrogen-bond acceptors (Lipinski definition) is 1. The van der Waals surface area contributed by atoms with Crippen LogP contribution in [-0.2, 0) is 0 Å². The highest BCUT2D eigenvalue weighted by Crippen LogP contribution is 2.05. The lowest BCUT2D eigenvalue weighted by Gasteiger charge is -1.91. The van der Waals surface area contributed by atoms with E-state index in [1.807, 2.05) is 0 Å². The Labute approximate surface area is 64.7 Å². The predicted molar refractivity (Wildman–Crippen MR) is 43.1 cm³/mol. The zero-order valence-corrected chi connectivity index (χ0v) is 6.63. The Morgan fingerprint density at radius 1 is 1.33 bits per heavy atom. The quantitative estimate of drug-likeness (QED) is 0.439. The Balaban J connectivity index is 4.17. The molecule has 3 heteroatoms. The second-order valence-corrected chi connectivity index (χ2v) is 2.35. The second-order valence-electron chi connectivity index (χ2n) is 1.56. The van der Waals surface area contributed by atoms with E-state index in [0.29, 0.717) is 10.7 Å². The molecular formula is C6H7Cl2N. The molecule has 0 saturated heterocycles. The topological polar surface area (TPSA) is 12.4 Å². The lowest BCUT2D eigenvalue weighted by Crippen LogP contribution is -1.85. The van der Waals surface area contributed by atoms with Gasteiger partial charge in [0.2, 0.25) is 0 Å². The van der Waals surface area contributed by atoms with Crippen LogP contribution in [0.25, 0.3) is 0 Å². The Kier molecular flexibility index (Phi) is 3.59. The molecule has 0 unspecified atom stereocenters. The smallest absolute Gasteiger partial charge is 0.133 e. The van der Waals surface area contributed by atoms with E-state index < -0.39 is 0 Å². The van der Waals surface area contributed by atoms with Gasteiger partial charge >= 0.3 is 0 Å². The van der Waals surface area contributed by atoms with Gasteiger partial charge in [-0.15, -0.1) is 0 Å². The van der Waals surface area contributed by atoms with Crippen molar-refractivity contribution in [2.75, 3.05) is 0 Å². The van der Waals surface area contributed by atoms with Gasteiger partial charge in [-0.2, -0.15) is 0 Å². The molecule has 0 saturated carbocycles. The predicted octanol–water partition coefficient (Wildman–Crippen LogP) is 2.91. The van der Waals surface area contributed by atoms with Gasteiger partial charge in [0.05, 0.1) is 0 Å². The molecule has 0 heterocycles. The normalized spacial score (nSPS) is 11.2. The molecule has 0 N–H and O–H groups in total. The van der Waals surface area contributed by atoms with E-state index in [1.54, 1.807) is 6.92 Å². The highest BCUT2D eigenvalue weighted by molar-refractivity contribution is 6.69. The molecule has 0 bridgehead atoms. The second kappa shape index (κ2) is 3.70. The Bertz CT molecular complexity index is 170. The summed E-state index contributed by atoms with van der Waals surface area (Å²) in [5.74, 6) is 0. The lowest BCUT2D eigenvalue weighted by atomic mass is 10.4. The molecule has 0 radical (unpaired) electrons. The van der Waals surface area contributed by atoms with Gasteiger partial charge in [-0.1, -0.05) is 36.4 Å². The van der Waals surface area contributed by atoms with Gasteiger partial charge in [0.15, 0.2) is 0 Å². The molecule has 0 aromatic carbocycles. The monoisotopic (exact) mass is 163 g/mol. The largest absolute Gasteiger partial charge is 0.225 e. The fourth-order valence-corrected chi connectivity index (χ4v) is 0.432. The maximum absolute atomic E-state index is 5.52. The summed E-state index contributed by atoms with van der Waals surface area (Å²) in [6, 6.07) is 0. The number of halogens is 2. The van der Waals surface area contributed by atoms with Crippen molar-refractivity contribution in [3.05, 3.63) is 23.9 Å². The fraction of sp³-hybridized carbons (Fsp3) is 0.167. The van der Waals surface area contributed by atoms with Crippen LogP contribution in [0.1, 0.15) is 6.92 Å². The van der Waals surface area contributed by atoms with Crippen molar-refractivity contribution in [2.24, 2.45) is 4.99 Å². The summed E-state index contributed by atoms with van der Waals surface area (Å²) in [7, 11) is 0. The van der Waals surface area contributed by atoms with Crippen LogP contribution in [0.4, 0.5) is 0 Å². The molecule has 0 aromatic heterocycles. The molecule has 50 valence electrons. The Morgan fingerprint density at radius 3 is 1.89 bits per heavy atom. The van der Waals surface area contributed by atoms with E-state index in [-0.39, 0.29) is 5.16 Å². The van der Waals surface area contributed by atoms with Crippen LogP contribution in [-0.4, -0.2) is 5.17 Å². The van der Waals surface area contributed by atoms with Crippen molar-refractivity contribution in [1.82, 2.24) is 0 Å². The summed E-state index contributed by atoms with van der Waals surface area (Å²) in [6.07, 6.45) is 0. The van der Waals surface area contributed by atoms with Gasteiger partial charge in [-0.3, -0.25) is 0 Å². The minimum absolute atomic E-state index is 0.169. The maximum Gasteiger partial charge on any atom is 0.133 e. The molecular weight excluding hydrogens is 157 g/mol. The van der Waals surface area contributed by atoms with Gasteiger partial charge in [0.1, 0.15) is 10.3 Å². The molecule has 9 heavy (non-hydrogen) atoms. The molecule has 1 nitrogen and oxygen atoms in total. The van der Waals surface area contributed by atoms with Gasteiger partial charge in [-0.05, 0) is 12.5 Å². The molecule has 0 atom stereocenters. The number of rotatable bonds is 2. The fourth-order valence-electron chi connectivity index (χ4n) is 0.202. The van der Waals surface area contributed by atoms with Crippen molar-refractivity contribution in [1.29, 1.82) is 0 Å². The zero-order valence-electron chi connectivity index (χ0n) is 5.12. The number of nitrogens with zero attached hydrogens (tertiary/aromatic N) is 1. The summed E-state index contributed by atoms with van der Waals surface area (Å²) in [5, 5.41) is 0.470. The average Bonchev–Trinajstić information content (AvgIpc) is 1.63. The van der Waals surface area contributed by atoms with E-state index in [4.69, 9.17) is 23.2 Å². The van der Waals surface area contributed by atoms with E-state index >= 15 is 0 Å². The first-order valence-corrected chi connectivity index (χ1v) is 3.04. The molecule has 0 aromatic rings. The van der Waals surface area contributed by atoms with Crippen LogP contribution in [0, 0.1) is 0 Å². The highest BCUT2D eigenvalue weighted by atomic mass is 35.5. The minimum Gasteiger partial charge on any atom is -0.225 e. The van der Waals surface area contributed by atoms with Crippen LogP contribution in [0.3, 0.4) is 0 Å². The Hall–Kier alpha value is -0.270. The summed E-state index contributed by atoms with van der Waals surface area (Å²) in [5.41, 5.74) is 0.679. The third-order valence-corrected chi connectivity index (χ3v) is 1.06. The molecule has 0 aliphatic carbocycles. The molecule has 0 aliphatic heterocycles. The van der Waals surface area contributed by atoms with Crippen LogP contribution < -0.4 is 0 Å². The van der Waals surface area contributed by atoms with Gasteiger partial charge in [0, 0.05) is 0 Å². The van der Waals surface area contributed by atoms with Crippen LogP contribution in [0.2, 0.25) is 0 Å². The number of hydrogen-bond donors (Lipinski definition) is 0. The SMILES string of the molecule is C=C(Cl)/N=C(/Cl)C(=C)C. The molecule has 0 amide bonds. The van der Waals surface area contributed by atoms with Crippen molar-refractivity contribution in [3.63, 3.8) is 0 Å². The van der Waals surface area contributed by atoms with Crippen LogP contribution in [0.15, 0.2) is 28.9 Å². The van der Waals surface area contributed by atoms with Gasteiger partial charge in [-0.25, -0.2) is 4.99 Å². The Morgan fingerprint density at radius 2 is 1.78 bits per heavy atom. The number of allylic oxidation sites excluding steroid dienone is 1. The standard InChI is InChI=1S/C6H7Cl2N/c1-4(2)6(8)9-5(3)7/h1,3H2,2H3/b9-6+. The third kappa shape index (κ3) is 4.25. The first-order valence-electron chi connectivity index (χ1n) is 2.28. The molecule has 0 spiro atoms. The number of aliphatic imine (C=N–C) groups is 1. The van der Waals surface area contributed by atoms with Gasteiger partial charge < -0.3 is 0 Å². The minimum atomic E-state index is 0.169. The van der Waals surface area contributed by atoms with Crippen molar-refractivity contribution in [3.8, 4) is 0 Å². The average molecular weight is 164 g/mol. The summed E-state index contributed by atoms with van der Waals surface area (Å²) >= 11 is 10.8. The first kappa shape index (κ1) is 8.73. The van der Waals surface area contributed by atoms with E-state index in [1.165, 1.54) is 0 Å². The van der Waals surface area contributed by atoms with Crippen LogP contribution >= 0.6 is 23.2 Å². The molecule has 0 fully saturated rings.